The van der Waals surface area contributed by atoms with Crippen molar-refractivity contribution in [3.63, 3.8) is 0 Å². The molecule has 2 aromatic rings. The first kappa shape index (κ1) is 22.8. The maximum atomic E-state index is 12.5. The minimum Gasteiger partial charge on any atom is -0.508 e. The van der Waals surface area contributed by atoms with Crippen molar-refractivity contribution in [2.75, 3.05) is 19.7 Å². The van der Waals surface area contributed by atoms with E-state index in [2.05, 4.69) is 0 Å². The van der Waals surface area contributed by atoms with Crippen molar-refractivity contribution in [3.8, 4) is 11.8 Å². The summed E-state index contributed by atoms with van der Waals surface area (Å²) in [5, 5.41) is 35.8. The molecule has 1 aliphatic heterocycles. The molecule has 156 valence electrons. The van der Waals surface area contributed by atoms with Crippen LogP contribution in [0.1, 0.15) is 24.0 Å². The van der Waals surface area contributed by atoms with E-state index in [1.54, 1.807) is 6.07 Å². The molecule has 0 radical (unpaired) electrons. The molecule has 2 unspecified atom stereocenters. The van der Waals surface area contributed by atoms with E-state index in [0.29, 0.717) is 17.9 Å². The number of hydrogen-bond acceptors (Lipinski definition) is 5. The summed E-state index contributed by atoms with van der Waals surface area (Å²) in [5.41, 5.74) is -1.40. The van der Waals surface area contributed by atoms with Crippen LogP contribution in [0.2, 0.25) is 0 Å². The maximum Gasteiger partial charge on any atom is 0.263 e. The Hall–Kier alpha value is -2.45. The lowest BCUT2D eigenvalue weighted by Crippen LogP contribution is -2.37. The van der Waals surface area contributed by atoms with E-state index < -0.39 is 28.8 Å². The fraction of sp³-hybridized carbons (Fsp3) is 0.316. The molecule has 10 heteroatoms. The van der Waals surface area contributed by atoms with Gasteiger partial charge in [-0.3, -0.25) is 0 Å². The van der Waals surface area contributed by atoms with Gasteiger partial charge >= 0.3 is 0 Å². The van der Waals surface area contributed by atoms with Gasteiger partial charge in [0, 0.05) is 24.7 Å². The van der Waals surface area contributed by atoms with Gasteiger partial charge in [0.1, 0.15) is 34.2 Å². The lowest BCUT2D eigenvalue weighted by molar-refractivity contribution is -0.000503. The predicted octanol–water partition coefficient (Wildman–Crippen LogP) is 2.48. The zero-order valence-corrected chi connectivity index (χ0v) is 16.0. The van der Waals surface area contributed by atoms with Crippen LogP contribution in [-0.4, -0.2) is 49.1 Å². The Labute approximate surface area is 168 Å². The highest BCUT2D eigenvalue weighted by Gasteiger charge is 2.38. The molecule has 1 aliphatic rings. The summed E-state index contributed by atoms with van der Waals surface area (Å²) in [5.74, 6) is -0.862. The number of benzene rings is 2. The van der Waals surface area contributed by atoms with Crippen molar-refractivity contribution in [1.29, 1.82) is 5.26 Å². The molecule has 29 heavy (non-hydrogen) atoms. The Bertz CT molecular complexity index is 905. The molecule has 6 nitrogen and oxygen atoms in total. The van der Waals surface area contributed by atoms with E-state index in [4.69, 9.17) is 15.5 Å². The van der Waals surface area contributed by atoms with Crippen LogP contribution in [0, 0.1) is 17.1 Å². The molecule has 0 aliphatic carbocycles. The van der Waals surface area contributed by atoms with Gasteiger partial charge in [-0.2, -0.15) is 5.26 Å². The number of aliphatic hydroxyl groups excluding tert-OH is 1. The Morgan fingerprint density at radius 2 is 1.90 bits per heavy atom. The molecule has 1 heterocycles. The van der Waals surface area contributed by atoms with Crippen molar-refractivity contribution in [1.82, 2.24) is 4.31 Å². The first-order valence-electron chi connectivity index (χ1n) is 8.46. The van der Waals surface area contributed by atoms with Gasteiger partial charge in [-0.25, -0.2) is 21.7 Å². The van der Waals surface area contributed by atoms with Crippen molar-refractivity contribution < 1.29 is 32.7 Å². The Morgan fingerprint density at radius 1 is 1.24 bits per heavy atom. The topological polar surface area (TPSA) is 105 Å². The molecule has 3 N–H and O–H groups in total. The summed E-state index contributed by atoms with van der Waals surface area (Å²) >= 11 is 0. The molecule has 0 aromatic heterocycles. The van der Waals surface area contributed by atoms with Crippen LogP contribution in [0.5, 0.6) is 5.75 Å². The minimum atomic E-state index is -2.55. The second-order valence-corrected chi connectivity index (χ2v) is 7.88. The molecule has 0 spiro atoms. The standard InChI is InChI=1S/C12H15F2NO3S.C7H4FNO/c13-11(14)9-1-3-10(4-2-9)19(18)15-6-5-12(17,7-15)8-16;8-7-3-6(10)2-1-5(7)4-9/h1-4,11,16-17H,5-8H2;1-3,10H. The lowest BCUT2D eigenvalue weighted by Gasteiger charge is -2.20. The van der Waals surface area contributed by atoms with E-state index >= 15 is 0 Å². The molecule has 1 fully saturated rings. The number of halogens is 3. The fourth-order valence-electron chi connectivity index (χ4n) is 2.56. The quantitative estimate of drug-likeness (QED) is 0.694. The van der Waals surface area contributed by atoms with Gasteiger partial charge in [-0.05, 0) is 30.7 Å². The summed E-state index contributed by atoms with van der Waals surface area (Å²) in [6.07, 6.45) is -2.21. The number of β-amino-alcohol motifs (C(OH)–C–C–N with tert-alkyl or cyclic N) is 1. The number of aromatic hydroxyl groups is 1. The summed E-state index contributed by atoms with van der Waals surface area (Å²) in [6, 6.07) is 10.3. The van der Waals surface area contributed by atoms with Crippen molar-refractivity contribution in [2.24, 2.45) is 0 Å². The van der Waals surface area contributed by atoms with E-state index in [0.717, 1.165) is 6.07 Å². The highest BCUT2D eigenvalue weighted by atomic mass is 32.2. The molecular weight excluding hydrogens is 409 g/mol. The number of nitriles is 1. The Morgan fingerprint density at radius 3 is 2.38 bits per heavy atom. The summed E-state index contributed by atoms with van der Waals surface area (Å²) in [6.45, 7) is 0.109. The normalized spacial score (nSPS) is 20.0. The van der Waals surface area contributed by atoms with Crippen LogP contribution in [0.15, 0.2) is 47.4 Å². The number of aliphatic hydroxyl groups is 2. The average molecular weight is 428 g/mol. The van der Waals surface area contributed by atoms with E-state index in [-0.39, 0.29) is 30.0 Å². The molecule has 0 bridgehead atoms. The third-order valence-electron chi connectivity index (χ3n) is 4.23. The second-order valence-electron chi connectivity index (χ2n) is 6.39. The van der Waals surface area contributed by atoms with Crippen LogP contribution in [-0.2, 0) is 11.0 Å². The number of rotatable bonds is 4. The first-order valence-corrected chi connectivity index (χ1v) is 9.56. The Kier molecular flexibility index (Phi) is 7.75. The van der Waals surface area contributed by atoms with Crippen LogP contribution in [0.4, 0.5) is 13.2 Å². The zero-order valence-electron chi connectivity index (χ0n) is 15.1. The summed E-state index contributed by atoms with van der Waals surface area (Å²) < 4.78 is 51.0. The van der Waals surface area contributed by atoms with Crippen molar-refractivity contribution >= 4 is 11.0 Å². The number of nitrogens with zero attached hydrogens (tertiary/aromatic N) is 2. The average Bonchev–Trinajstić information content (AvgIpc) is 3.11. The highest BCUT2D eigenvalue weighted by molar-refractivity contribution is 7.82. The number of phenolic OH excluding ortho intramolecular Hbond substituents is 1. The van der Waals surface area contributed by atoms with Crippen LogP contribution in [0.25, 0.3) is 0 Å². The SMILES string of the molecule is N#Cc1ccc(O)cc1F.O=S(c1ccc(C(F)F)cc1)N1CCC(O)(CO)C1. The molecule has 3 rings (SSSR count). The third kappa shape index (κ3) is 6.01. The van der Waals surface area contributed by atoms with Gasteiger partial charge in [0.05, 0.1) is 17.1 Å². The van der Waals surface area contributed by atoms with Crippen molar-refractivity contribution in [3.05, 3.63) is 59.4 Å². The van der Waals surface area contributed by atoms with E-state index in [1.807, 2.05) is 0 Å². The molecular formula is C19H19F3N2O4S. The number of phenols is 1. The minimum absolute atomic E-state index is 0.0576. The summed E-state index contributed by atoms with van der Waals surface area (Å²) in [4.78, 5) is 0.409. The molecule has 1 saturated heterocycles. The highest BCUT2D eigenvalue weighted by Crippen LogP contribution is 2.26. The monoisotopic (exact) mass is 428 g/mol. The van der Waals surface area contributed by atoms with E-state index in [9.17, 15) is 22.5 Å². The molecule has 2 aromatic carbocycles. The molecule has 2 atom stereocenters. The van der Waals surface area contributed by atoms with Crippen molar-refractivity contribution in [2.45, 2.75) is 23.3 Å². The van der Waals surface area contributed by atoms with Gasteiger partial charge in [0.2, 0.25) is 0 Å². The van der Waals surface area contributed by atoms with Gasteiger partial charge in [0.25, 0.3) is 6.43 Å². The third-order valence-corrected chi connectivity index (χ3v) is 5.69. The number of hydrogen-bond donors (Lipinski definition) is 3. The van der Waals surface area contributed by atoms with Gasteiger partial charge in [-0.15, -0.1) is 0 Å². The van der Waals surface area contributed by atoms with Crippen LogP contribution in [0.3, 0.4) is 0 Å². The molecule has 0 amide bonds. The number of alkyl halides is 2. The lowest BCUT2D eigenvalue weighted by atomic mass is 10.1. The van der Waals surface area contributed by atoms with Gasteiger partial charge in [-0.1, -0.05) is 12.1 Å². The fourth-order valence-corrected chi connectivity index (χ4v) is 3.85. The zero-order chi connectivity index (χ0) is 21.6. The Balaban J connectivity index is 0.000000253. The van der Waals surface area contributed by atoms with Gasteiger partial charge in [0.15, 0.2) is 0 Å². The van der Waals surface area contributed by atoms with E-state index in [1.165, 1.54) is 40.7 Å². The maximum absolute atomic E-state index is 12.5. The van der Waals surface area contributed by atoms with Crippen LogP contribution < -0.4 is 0 Å². The molecule has 0 saturated carbocycles. The largest absolute Gasteiger partial charge is 0.508 e. The van der Waals surface area contributed by atoms with Crippen LogP contribution >= 0.6 is 0 Å². The van der Waals surface area contributed by atoms with Gasteiger partial charge < -0.3 is 15.3 Å². The predicted molar refractivity (Wildman–Crippen MR) is 98.8 cm³/mol. The first-order chi connectivity index (χ1) is 13.7. The second kappa shape index (κ2) is 9.84. The summed E-state index contributed by atoms with van der Waals surface area (Å²) in [7, 11) is -1.51. The smallest absolute Gasteiger partial charge is 0.263 e.